The second-order valence-electron chi connectivity index (χ2n) is 3.82. The fourth-order valence-corrected chi connectivity index (χ4v) is 1.58. The Morgan fingerprint density at radius 3 is 2.33 bits per heavy atom. The number of benzene rings is 1. The number of halogens is 3. The standard InChI is InChI=1S/C12H9F3N2O/c1-7-6-16-11(18)17-10(7)8-2-4-9(5-3-8)12(13,14)15/h2-6H,1H3,(H,16,17,18). The van der Waals surface area contributed by atoms with E-state index in [4.69, 9.17) is 0 Å². The lowest BCUT2D eigenvalue weighted by atomic mass is 10.1. The highest BCUT2D eigenvalue weighted by Gasteiger charge is 2.30. The predicted octanol–water partition coefficient (Wildman–Crippen LogP) is 2.76. The molecule has 0 saturated heterocycles. The zero-order chi connectivity index (χ0) is 13.3. The number of aryl methyl sites for hydroxylation is 1. The molecule has 6 heteroatoms. The van der Waals surface area contributed by atoms with Crippen LogP contribution in [-0.4, -0.2) is 9.97 Å². The van der Waals surface area contributed by atoms with Gasteiger partial charge in [0.25, 0.3) is 0 Å². The highest BCUT2D eigenvalue weighted by atomic mass is 19.4. The Hall–Kier alpha value is -2.11. The molecule has 0 aliphatic carbocycles. The number of nitrogens with one attached hydrogen (secondary N) is 1. The number of hydrogen-bond donors (Lipinski definition) is 1. The van der Waals surface area contributed by atoms with Crippen molar-refractivity contribution < 1.29 is 13.2 Å². The number of nitrogens with zero attached hydrogens (tertiary/aromatic N) is 1. The Kier molecular flexibility index (Phi) is 2.94. The van der Waals surface area contributed by atoms with Crippen LogP contribution in [0.15, 0.2) is 35.3 Å². The van der Waals surface area contributed by atoms with Crippen molar-refractivity contribution in [2.24, 2.45) is 0 Å². The Morgan fingerprint density at radius 2 is 1.78 bits per heavy atom. The zero-order valence-corrected chi connectivity index (χ0v) is 9.38. The van der Waals surface area contributed by atoms with E-state index < -0.39 is 17.4 Å². The summed E-state index contributed by atoms with van der Waals surface area (Å²) in [7, 11) is 0. The summed E-state index contributed by atoms with van der Waals surface area (Å²) >= 11 is 0. The predicted molar refractivity (Wildman–Crippen MR) is 60.0 cm³/mol. The Bertz CT molecular complexity index is 614. The molecule has 2 aromatic rings. The summed E-state index contributed by atoms with van der Waals surface area (Å²) in [6.45, 7) is 1.72. The van der Waals surface area contributed by atoms with E-state index in [9.17, 15) is 18.0 Å². The van der Waals surface area contributed by atoms with E-state index >= 15 is 0 Å². The van der Waals surface area contributed by atoms with E-state index in [-0.39, 0.29) is 0 Å². The van der Waals surface area contributed by atoms with E-state index in [0.717, 1.165) is 12.1 Å². The van der Waals surface area contributed by atoms with Crippen LogP contribution in [0.2, 0.25) is 0 Å². The van der Waals surface area contributed by atoms with Gasteiger partial charge in [0.05, 0.1) is 11.3 Å². The fraction of sp³-hybridized carbons (Fsp3) is 0.167. The van der Waals surface area contributed by atoms with Crippen LogP contribution < -0.4 is 5.69 Å². The number of alkyl halides is 3. The lowest BCUT2D eigenvalue weighted by molar-refractivity contribution is -0.137. The van der Waals surface area contributed by atoms with Crippen molar-refractivity contribution in [3.8, 4) is 11.3 Å². The van der Waals surface area contributed by atoms with Gasteiger partial charge in [-0.3, -0.25) is 0 Å². The van der Waals surface area contributed by atoms with Gasteiger partial charge < -0.3 is 4.98 Å². The van der Waals surface area contributed by atoms with Gasteiger partial charge in [-0.1, -0.05) is 12.1 Å². The summed E-state index contributed by atoms with van der Waals surface area (Å²) in [6.07, 6.45) is -2.98. The first-order chi connectivity index (χ1) is 8.38. The quantitative estimate of drug-likeness (QED) is 0.850. The highest BCUT2D eigenvalue weighted by molar-refractivity contribution is 5.62. The van der Waals surface area contributed by atoms with E-state index in [2.05, 4.69) is 9.97 Å². The van der Waals surface area contributed by atoms with Gasteiger partial charge in [0, 0.05) is 6.20 Å². The molecule has 2 rings (SSSR count). The summed E-state index contributed by atoms with van der Waals surface area (Å²) in [6, 6.07) is 4.60. The number of aromatic amines is 1. The third-order valence-corrected chi connectivity index (χ3v) is 2.50. The van der Waals surface area contributed by atoms with Crippen molar-refractivity contribution in [2.45, 2.75) is 13.1 Å². The topological polar surface area (TPSA) is 45.8 Å². The van der Waals surface area contributed by atoms with Crippen LogP contribution in [0.3, 0.4) is 0 Å². The lowest BCUT2D eigenvalue weighted by Gasteiger charge is -2.08. The van der Waals surface area contributed by atoms with Crippen LogP contribution in [-0.2, 0) is 6.18 Å². The van der Waals surface area contributed by atoms with Crippen LogP contribution in [0.5, 0.6) is 0 Å². The molecule has 1 aromatic carbocycles. The van der Waals surface area contributed by atoms with Crippen LogP contribution in [0.1, 0.15) is 11.1 Å². The zero-order valence-electron chi connectivity index (χ0n) is 9.38. The molecule has 0 saturated carbocycles. The molecule has 18 heavy (non-hydrogen) atoms. The lowest BCUT2D eigenvalue weighted by Crippen LogP contribution is -2.11. The summed E-state index contributed by atoms with van der Waals surface area (Å²) in [5.41, 5.74) is 0.425. The molecule has 0 fully saturated rings. The molecule has 0 bridgehead atoms. The second-order valence-corrected chi connectivity index (χ2v) is 3.82. The molecule has 1 heterocycles. The Labute approximate surface area is 100 Å². The number of H-pyrrole nitrogens is 1. The van der Waals surface area contributed by atoms with Crippen molar-refractivity contribution in [1.82, 2.24) is 9.97 Å². The summed E-state index contributed by atoms with van der Waals surface area (Å²) in [5.74, 6) is 0. The maximum atomic E-state index is 12.4. The van der Waals surface area contributed by atoms with Crippen molar-refractivity contribution >= 4 is 0 Å². The molecule has 0 radical (unpaired) electrons. The SMILES string of the molecule is Cc1cnc(=O)[nH]c1-c1ccc(C(F)(F)F)cc1. The van der Waals surface area contributed by atoms with Gasteiger partial charge in [-0.2, -0.15) is 13.2 Å². The number of hydrogen-bond acceptors (Lipinski definition) is 2. The molecular weight excluding hydrogens is 245 g/mol. The van der Waals surface area contributed by atoms with Gasteiger partial charge in [-0.05, 0) is 30.2 Å². The highest BCUT2D eigenvalue weighted by Crippen LogP contribution is 2.30. The van der Waals surface area contributed by atoms with Gasteiger partial charge in [-0.15, -0.1) is 0 Å². The molecule has 0 aliphatic rings. The molecule has 0 aliphatic heterocycles. The Balaban J connectivity index is 2.47. The van der Waals surface area contributed by atoms with Crippen molar-refractivity contribution in [3.63, 3.8) is 0 Å². The summed E-state index contributed by atoms with van der Waals surface area (Å²) in [4.78, 5) is 17.1. The molecule has 0 spiro atoms. The third kappa shape index (κ3) is 2.42. The van der Waals surface area contributed by atoms with Crippen LogP contribution in [0.25, 0.3) is 11.3 Å². The van der Waals surface area contributed by atoms with E-state index in [1.54, 1.807) is 6.92 Å². The maximum absolute atomic E-state index is 12.4. The van der Waals surface area contributed by atoms with E-state index in [1.807, 2.05) is 0 Å². The maximum Gasteiger partial charge on any atom is 0.416 e. The van der Waals surface area contributed by atoms with Gasteiger partial charge in [-0.25, -0.2) is 9.78 Å². The molecule has 94 valence electrons. The van der Waals surface area contributed by atoms with Gasteiger partial charge in [0.1, 0.15) is 0 Å². The Morgan fingerprint density at radius 1 is 1.17 bits per heavy atom. The van der Waals surface area contributed by atoms with Crippen LogP contribution in [0.4, 0.5) is 13.2 Å². The van der Waals surface area contributed by atoms with E-state index in [1.165, 1.54) is 18.3 Å². The van der Waals surface area contributed by atoms with Gasteiger partial charge in [0.15, 0.2) is 0 Å². The number of aromatic nitrogens is 2. The molecule has 1 aromatic heterocycles. The second kappa shape index (κ2) is 4.29. The van der Waals surface area contributed by atoms with Crippen molar-refractivity contribution in [1.29, 1.82) is 0 Å². The van der Waals surface area contributed by atoms with Crippen molar-refractivity contribution in [3.05, 3.63) is 52.1 Å². The van der Waals surface area contributed by atoms with Gasteiger partial charge >= 0.3 is 11.9 Å². The first-order valence-electron chi connectivity index (χ1n) is 5.11. The number of rotatable bonds is 1. The first kappa shape index (κ1) is 12.3. The monoisotopic (exact) mass is 254 g/mol. The summed E-state index contributed by atoms with van der Waals surface area (Å²) in [5, 5.41) is 0. The normalized spacial score (nSPS) is 11.6. The van der Waals surface area contributed by atoms with Crippen LogP contribution >= 0.6 is 0 Å². The molecular formula is C12H9F3N2O. The average Bonchev–Trinajstić information content (AvgIpc) is 2.31. The smallest absolute Gasteiger partial charge is 0.305 e. The third-order valence-electron chi connectivity index (χ3n) is 2.50. The molecule has 0 amide bonds. The van der Waals surface area contributed by atoms with Crippen molar-refractivity contribution in [2.75, 3.05) is 0 Å². The summed E-state index contributed by atoms with van der Waals surface area (Å²) < 4.78 is 37.2. The van der Waals surface area contributed by atoms with E-state index in [0.29, 0.717) is 16.8 Å². The molecule has 0 unspecified atom stereocenters. The van der Waals surface area contributed by atoms with Gasteiger partial charge in [0.2, 0.25) is 0 Å². The minimum atomic E-state index is -4.36. The minimum Gasteiger partial charge on any atom is -0.305 e. The largest absolute Gasteiger partial charge is 0.416 e. The molecule has 1 N–H and O–H groups in total. The molecule has 3 nitrogen and oxygen atoms in total. The minimum absolute atomic E-state index is 0.476. The fourth-order valence-electron chi connectivity index (χ4n) is 1.58. The molecule has 0 atom stereocenters. The first-order valence-corrected chi connectivity index (χ1v) is 5.11. The van der Waals surface area contributed by atoms with Crippen LogP contribution in [0, 0.1) is 6.92 Å². The average molecular weight is 254 g/mol.